The smallest absolute Gasteiger partial charge is 0.0406 e. The molecule has 2 nitrogen and oxygen atoms in total. The Balaban J connectivity index is 2.73. The van der Waals surface area contributed by atoms with Gasteiger partial charge in [-0.25, -0.2) is 0 Å². The Morgan fingerprint density at radius 1 is 1.25 bits per heavy atom. The maximum absolute atomic E-state index is 5.95. The molecule has 0 spiro atoms. The van der Waals surface area contributed by atoms with E-state index in [9.17, 15) is 0 Å². The van der Waals surface area contributed by atoms with Crippen molar-refractivity contribution in [2.45, 2.75) is 40.7 Å². The highest BCUT2D eigenvalue weighted by Crippen LogP contribution is 2.19. The Bertz CT molecular complexity index is 386. The summed E-state index contributed by atoms with van der Waals surface area (Å²) in [5.74, 6) is 0.705. The van der Waals surface area contributed by atoms with Crippen molar-refractivity contribution in [3.05, 3.63) is 34.9 Å². The maximum atomic E-state index is 5.95. The topological polar surface area (TPSA) is 29.3 Å². The molecular formula is C17H29ClN2. The SMILES string of the molecule is CCC(C)CN(Cc1ccc(Cl)cc1)CC(C)(C)CN. The number of nitrogens with zero attached hydrogens (tertiary/aromatic N) is 1. The van der Waals surface area contributed by atoms with Crippen molar-refractivity contribution in [2.75, 3.05) is 19.6 Å². The average molecular weight is 297 g/mol. The van der Waals surface area contributed by atoms with Crippen LogP contribution >= 0.6 is 11.6 Å². The van der Waals surface area contributed by atoms with Gasteiger partial charge in [0.25, 0.3) is 0 Å². The molecule has 1 atom stereocenters. The molecule has 1 unspecified atom stereocenters. The number of hydrogen-bond acceptors (Lipinski definition) is 2. The highest BCUT2D eigenvalue weighted by atomic mass is 35.5. The molecule has 0 aliphatic rings. The third-order valence-corrected chi connectivity index (χ3v) is 4.04. The first-order valence-electron chi connectivity index (χ1n) is 7.53. The van der Waals surface area contributed by atoms with Crippen LogP contribution in [0.4, 0.5) is 0 Å². The van der Waals surface area contributed by atoms with E-state index in [-0.39, 0.29) is 5.41 Å². The lowest BCUT2D eigenvalue weighted by molar-refractivity contribution is 0.155. The van der Waals surface area contributed by atoms with Crippen LogP contribution in [0.1, 0.15) is 39.7 Å². The quantitative estimate of drug-likeness (QED) is 0.780. The third-order valence-electron chi connectivity index (χ3n) is 3.79. The van der Waals surface area contributed by atoms with Crippen LogP contribution < -0.4 is 5.73 Å². The fourth-order valence-corrected chi connectivity index (χ4v) is 2.40. The number of benzene rings is 1. The number of nitrogens with two attached hydrogens (primary N) is 1. The van der Waals surface area contributed by atoms with Crippen LogP contribution in [0.2, 0.25) is 5.02 Å². The highest BCUT2D eigenvalue weighted by molar-refractivity contribution is 6.30. The Hall–Kier alpha value is -0.570. The summed E-state index contributed by atoms with van der Waals surface area (Å²) in [7, 11) is 0. The van der Waals surface area contributed by atoms with Gasteiger partial charge in [0.15, 0.2) is 0 Å². The zero-order chi connectivity index (χ0) is 15.2. The molecule has 1 aromatic carbocycles. The summed E-state index contributed by atoms with van der Waals surface area (Å²) >= 11 is 5.95. The summed E-state index contributed by atoms with van der Waals surface area (Å²) < 4.78 is 0. The molecule has 114 valence electrons. The standard InChI is InChI=1S/C17H29ClN2/c1-5-14(2)10-20(13-17(3,4)12-19)11-15-6-8-16(18)9-7-15/h6-9,14H,5,10-13,19H2,1-4H3. The summed E-state index contributed by atoms with van der Waals surface area (Å²) in [6.45, 7) is 12.8. The van der Waals surface area contributed by atoms with E-state index in [2.05, 4.69) is 44.7 Å². The maximum Gasteiger partial charge on any atom is 0.0406 e. The second-order valence-corrected chi connectivity index (χ2v) is 7.11. The van der Waals surface area contributed by atoms with E-state index in [0.29, 0.717) is 12.5 Å². The van der Waals surface area contributed by atoms with E-state index in [0.717, 1.165) is 24.7 Å². The molecule has 1 rings (SSSR count). The van der Waals surface area contributed by atoms with Crippen molar-refractivity contribution in [1.29, 1.82) is 0 Å². The van der Waals surface area contributed by atoms with Gasteiger partial charge in [0, 0.05) is 24.7 Å². The minimum atomic E-state index is 0.153. The van der Waals surface area contributed by atoms with Crippen LogP contribution in [-0.4, -0.2) is 24.5 Å². The first kappa shape index (κ1) is 17.5. The fourth-order valence-electron chi connectivity index (χ4n) is 2.27. The number of halogens is 1. The van der Waals surface area contributed by atoms with E-state index in [4.69, 9.17) is 17.3 Å². The highest BCUT2D eigenvalue weighted by Gasteiger charge is 2.21. The minimum Gasteiger partial charge on any atom is -0.330 e. The van der Waals surface area contributed by atoms with Gasteiger partial charge in [-0.1, -0.05) is 57.8 Å². The molecular weight excluding hydrogens is 268 g/mol. The van der Waals surface area contributed by atoms with E-state index in [1.165, 1.54) is 12.0 Å². The first-order chi connectivity index (χ1) is 9.36. The van der Waals surface area contributed by atoms with Gasteiger partial charge >= 0.3 is 0 Å². The van der Waals surface area contributed by atoms with E-state index in [1.807, 2.05) is 12.1 Å². The second kappa shape index (κ2) is 8.02. The van der Waals surface area contributed by atoms with Gasteiger partial charge in [-0.15, -0.1) is 0 Å². The monoisotopic (exact) mass is 296 g/mol. The van der Waals surface area contributed by atoms with Crippen LogP contribution in [-0.2, 0) is 6.54 Å². The molecule has 1 aromatic rings. The van der Waals surface area contributed by atoms with Crippen LogP contribution in [0.5, 0.6) is 0 Å². The van der Waals surface area contributed by atoms with E-state index < -0.39 is 0 Å². The van der Waals surface area contributed by atoms with Crippen molar-refractivity contribution < 1.29 is 0 Å². The molecule has 3 heteroatoms. The van der Waals surface area contributed by atoms with Gasteiger partial charge < -0.3 is 5.73 Å². The van der Waals surface area contributed by atoms with Gasteiger partial charge in [0.05, 0.1) is 0 Å². The molecule has 0 amide bonds. The molecule has 0 aliphatic carbocycles. The Morgan fingerprint density at radius 2 is 1.85 bits per heavy atom. The third kappa shape index (κ3) is 6.25. The van der Waals surface area contributed by atoms with Gasteiger partial charge in [-0.05, 0) is 35.6 Å². The van der Waals surface area contributed by atoms with Crippen LogP contribution in [0.15, 0.2) is 24.3 Å². The fraction of sp³-hybridized carbons (Fsp3) is 0.647. The minimum absolute atomic E-state index is 0.153. The zero-order valence-corrected chi connectivity index (χ0v) is 14.1. The lowest BCUT2D eigenvalue weighted by atomic mass is 9.92. The molecule has 0 aliphatic heterocycles. The van der Waals surface area contributed by atoms with E-state index in [1.54, 1.807) is 0 Å². The normalized spacial score (nSPS) is 13.8. The Labute approximate surface area is 129 Å². The molecule has 0 fully saturated rings. The lowest BCUT2D eigenvalue weighted by Gasteiger charge is -2.33. The molecule has 0 bridgehead atoms. The van der Waals surface area contributed by atoms with Crippen LogP contribution in [0.25, 0.3) is 0 Å². The van der Waals surface area contributed by atoms with Crippen molar-refractivity contribution in [3.63, 3.8) is 0 Å². The van der Waals surface area contributed by atoms with Gasteiger partial charge in [-0.3, -0.25) is 4.90 Å². The zero-order valence-electron chi connectivity index (χ0n) is 13.3. The molecule has 0 saturated heterocycles. The molecule has 0 aromatic heterocycles. The van der Waals surface area contributed by atoms with Crippen LogP contribution in [0.3, 0.4) is 0 Å². The van der Waals surface area contributed by atoms with Crippen molar-refractivity contribution >= 4 is 11.6 Å². The number of rotatable bonds is 8. The Morgan fingerprint density at radius 3 is 2.35 bits per heavy atom. The van der Waals surface area contributed by atoms with Gasteiger partial charge in [-0.2, -0.15) is 0 Å². The lowest BCUT2D eigenvalue weighted by Crippen LogP contribution is -2.40. The first-order valence-corrected chi connectivity index (χ1v) is 7.91. The summed E-state index contributed by atoms with van der Waals surface area (Å²) in [5, 5.41) is 0.796. The predicted octanol–water partition coefficient (Wildman–Crippen LogP) is 4.17. The largest absolute Gasteiger partial charge is 0.330 e. The van der Waals surface area contributed by atoms with Crippen molar-refractivity contribution in [3.8, 4) is 0 Å². The average Bonchev–Trinajstić information content (AvgIpc) is 2.40. The number of hydrogen-bond donors (Lipinski definition) is 1. The predicted molar refractivity (Wildman–Crippen MR) is 89.0 cm³/mol. The van der Waals surface area contributed by atoms with E-state index >= 15 is 0 Å². The molecule has 2 N–H and O–H groups in total. The summed E-state index contributed by atoms with van der Waals surface area (Å²) in [6, 6.07) is 8.15. The molecule has 0 saturated carbocycles. The summed E-state index contributed by atoms with van der Waals surface area (Å²) in [6.07, 6.45) is 1.21. The van der Waals surface area contributed by atoms with Gasteiger partial charge in [0.2, 0.25) is 0 Å². The molecule has 20 heavy (non-hydrogen) atoms. The summed E-state index contributed by atoms with van der Waals surface area (Å²) in [4.78, 5) is 2.52. The van der Waals surface area contributed by atoms with Gasteiger partial charge in [0.1, 0.15) is 0 Å². The molecule has 0 radical (unpaired) electrons. The second-order valence-electron chi connectivity index (χ2n) is 6.68. The van der Waals surface area contributed by atoms with Crippen molar-refractivity contribution in [1.82, 2.24) is 4.90 Å². The summed E-state index contributed by atoms with van der Waals surface area (Å²) in [5.41, 5.74) is 7.35. The Kier molecular flexibility index (Phi) is 7.01. The molecule has 0 heterocycles. The van der Waals surface area contributed by atoms with Crippen LogP contribution in [0, 0.1) is 11.3 Å². The van der Waals surface area contributed by atoms with Crippen molar-refractivity contribution in [2.24, 2.45) is 17.1 Å².